The molecule has 5 rings (SSSR count). The summed E-state index contributed by atoms with van der Waals surface area (Å²) in [7, 11) is 0. The molecule has 1 heterocycles. The van der Waals surface area contributed by atoms with Crippen LogP contribution < -0.4 is 5.56 Å². The summed E-state index contributed by atoms with van der Waals surface area (Å²) in [4.78, 5) is 13.3. The molecule has 0 bridgehead atoms. The lowest BCUT2D eigenvalue weighted by atomic mass is 10.0. The van der Waals surface area contributed by atoms with Crippen LogP contribution in [-0.4, -0.2) is 10.4 Å². The Morgan fingerprint density at radius 3 is 1.59 bits per heavy atom. The summed E-state index contributed by atoms with van der Waals surface area (Å²) in [6, 6.07) is 42.1. The van der Waals surface area contributed by atoms with Crippen molar-refractivity contribution in [2.75, 3.05) is 0 Å². The van der Waals surface area contributed by atoms with E-state index in [-0.39, 0.29) is 5.56 Å². The van der Waals surface area contributed by atoms with Gasteiger partial charge in [-0.05, 0) is 40.8 Å². The van der Waals surface area contributed by atoms with E-state index in [1.54, 1.807) is 6.07 Å². The van der Waals surface area contributed by atoms with Gasteiger partial charge in [-0.25, -0.2) is 0 Å². The van der Waals surface area contributed by atoms with E-state index in [0.29, 0.717) is 0 Å². The Morgan fingerprint density at radius 1 is 0.559 bits per heavy atom. The first-order valence-corrected chi connectivity index (χ1v) is 11.3. The van der Waals surface area contributed by atoms with E-state index in [1.807, 2.05) is 104 Å². The fourth-order valence-electron chi connectivity index (χ4n) is 4.02. The van der Waals surface area contributed by atoms with E-state index >= 15 is 0 Å². The highest BCUT2D eigenvalue weighted by molar-refractivity contribution is 5.99. The van der Waals surface area contributed by atoms with Crippen LogP contribution in [0.1, 0.15) is 12.5 Å². The van der Waals surface area contributed by atoms with Gasteiger partial charge in [0.15, 0.2) is 0 Å². The third-order valence-corrected chi connectivity index (χ3v) is 5.84. The molecule has 0 aliphatic rings. The Bertz CT molecular complexity index is 1480. The highest BCUT2D eigenvalue weighted by Crippen LogP contribution is 2.25. The summed E-state index contributed by atoms with van der Waals surface area (Å²) in [5, 5.41) is 4.76. The lowest BCUT2D eigenvalue weighted by molar-refractivity contribution is 0.837. The molecule has 0 saturated carbocycles. The van der Waals surface area contributed by atoms with E-state index in [9.17, 15) is 4.79 Å². The molecule has 0 spiro atoms. The largest absolute Gasteiger partial charge is 0.272 e. The molecule has 0 aliphatic heterocycles. The van der Waals surface area contributed by atoms with Crippen LogP contribution in [0, 0.1) is 0 Å². The third kappa shape index (κ3) is 4.50. The van der Waals surface area contributed by atoms with Crippen molar-refractivity contribution < 1.29 is 0 Å². The van der Waals surface area contributed by atoms with Crippen molar-refractivity contribution >= 4 is 5.71 Å². The van der Waals surface area contributed by atoms with Crippen LogP contribution >= 0.6 is 0 Å². The summed E-state index contributed by atoms with van der Waals surface area (Å²) in [5.41, 5.74) is 7.46. The maximum Gasteiger partial charge on any atom is 0.272 e. The maximum atomic E-state index is 13.3. The summed E-state index contributed by atoms with van der Waals surface area (Å²) in [5.74, 6) is 0. The van der Waals surface area contributed by atoms with Crippen LogP contribution in [0.4, 0.5) is 0 Å². The molecule has 0 N–H and O–H groups in total. The average molecular weight is 441 g/mol. The molecular weight excluding hydrogens is 416 g/mol. The highest BCUT2D eigenvalue weighted by atomic mass is 16.1. The number of pyridine rings is 1. The van der Waals surface area contributed by atoms with Gasteiger partial charge in [0.1, 0.15) is 0 Å². The average Bonchev–Trinajstić information content (AvgIpc) is 2.91. The molecule has 0 unspecified atom stereocenters. The van der Waals surface area contributed by atoms with E-state index in [0.717, 1.165) is 39.2 Å². The molecule has 0 amide bonds. The number of nitrogens with zero attached hydrogens (tertiary/aromatic N) is 2. The minimum absolute atomic E-state index is 0.166. The Hall–Kier alpha value is -4.50. The third-order valence-electron chi connectivity index (χ3n) is 5.84. The van der Waals surface area contributed by atoms with Gasteiger partial charge in [-0.1, -0.05) is 115 Å². The lowest BCUT2D eigenvalue weighted by Crippen LogP contribution is -2.19. The van der Waals surface area contributed by atoms with E-state index in [4.69, 9.17) is 5.10 Å². The van der Waals surface area contributed by atoms with Gasteiger partial charge >= 0.3 is 0 Å². The lowest BCUT2D eigenvalue weighted by Gasteiger charge is -2.13. The Kier molecular flexibility index (Phi) is 6.00. The van der Waals surface area contributed by atoms with Gasteiger partial charge in [0.25, 0.3) is 5.56 Å². The Morgan fingerprint density at radius 2 is 1.03 bits per heavy atom. The molecule has 5 aromatic rings. The van der Waals surface area contributed by atoms with Crippen LogP contribution in [0.3, 0.4) is 0 Å². The van der Waals surface area contributed by atoms with Crippen molar-refractivity contribution in [2.24, 2.45) is 5.10 Å². The summed E-state index contributed by atoms with van der Waals surface area (Å²) in [6.45, 7) is 1.93. The van der Waals surface area contributed by atoms with E-state index in [2.05, 4.69) is 24.3 Å². The van der Waals surface area contributed by atoms with Crippen LogP contribution in [0.15, 0.2) is 137 Å². The number of hydrogen-bond donors (Lipinski definition) is 0. The monoisotopic (exact) mass is 440 g/mol. The summed E-state index contributed by atoms with van der Waals surface area (Å²) >= 11 is 0. The van der Waals surface area contributed by atoms with Crippen molar-refractivity contribution in [3.8, 4) is 33.5 Å². The second-order valence-electron chi connectivity index (χ2n) is 8.14. The SMILES string of the molecule is C/C(=N\n1c(-c2ccccc2)cc(-c2ccccc2)cc1=O)c1ccc(-c2ccccc2)cc1. The molecular formula is C31H24N2O. The fourth-order valence-corrected chi connectivity index (χ4v) is 4.02. The van der Waals surface area contributed by atoms with Gasteiger partial charge in [0.2, 0.25) is 0 Å². The first kappa shape index (κ1) is 21.4. The van der Waals surface area contributed by atoms with Crippen LogP contribution in [-0.2, 0) is 0 Å². The zero-order valence-electron chi connectivity index (χ0n) is 18.9. The molecule has 0 saturated heterocycles. The van der Waals surface area contributed by atoms with Gasteiger partial charge in [-0.2, -0.15) is 9.78 Å². The molecule has 0 atom stereocenters. The van der Waals surface area contributed by atoms with Gasteiger partial charge in [-0.15, -0.1) is 0 Å². The van der Waals surface area contributed by atoms with E-state index in [1.165, 1.54) is 10.2 Å². The van der Waals surface area contributed by atoms with Crippen molar-refractivity contribution in [1.82, 2.24) is 4.68 Å². The second kappa shape index (κ2) is 9.55. The van der Waals surface area contributed by atoms with Crippen molar-refractivity contribution in [3.05, 3.63) is 143 Å². The van der Waals surface area contributed by atoms with Gasteiger partial charge < -0.3 is 0 Å². The zero-order valence-corrected chi connectivity index (χ0v) is 18.9. The first-order valence-electron chi connectivity index (χ1n) is 11.3. The van der Waals surface area contributed by atoms with E-state index < -0.39 is 0 Å². The summed E-state index contributed by atoms with van der Waals surface area (Å²) < 4.78 is 1.50. The Labute approximate surface area is 199 Å². The number of benzene rings is 4. The fraction of sp³-hybridized carbons (Fsp3) is 0.0323. The minimum Gasteiger partial charge on any atom is -0.267 e. The van der Waals surface area contributed by atoms with Gasteiger partial charge in [0.05, 0.1) is 11.4 Å². The van der Waals surface area contributed by atoms with Crippen molar-refractivity contribution in [3.63, 3.8) is 0 Å². The quantitative estimate of drug-likeness (QED) is 0.268. The molecule has 1 aromatic heterocycles. The maximum absolute atomic E-state index is 13.3. The number of aromatic nitrogens is 1. The molecule has 3 heteroatoms. The van der Waals surface area contributed by atoms with Gasteiger partial charge in [-0.3, -0.25) is 4.79 Å². The molecule has 3 nitrogen and oxygen atoms in total. The predicted octanol–water partition coefficient (Wildman–Crippen LogP) is 7.12. The molecule has 0 aliphatic carbocycles. The molecule has 0 fully saturated rings. The number of rotatable bonds is 5. The molecule has 0 radical (unpaired) electrons. The minimum atomic E-state index is -0.166. The van der Waals surface area contributed by atoms with Crippen molar-refractivity contribution in [1.29, 1.82) is 0 Å². The molecule has 164 valence electrons. The van der Waals surface area contributed by atoms with Gasteiger partial charge in [0, 0.05) is 11.6 Å². The standard InChI is InChI=1S/C31H24N2O/c1-23(24-17-19-27(20-18-24)25-11-5-2-6-12-25)32-33-30(28-15-9-4-10-16-28)21-29(22-31(33)34)26-13-7-3-8-14-26/h2-22H,1H3/b32-23+. The normalized spacial score (nSPS) is 11.4. The molecule has 4 aromatic carbocycles. The van der Waals surface area contributed by atoms with Crippen molar-refractivity contribution in [2.45, 2.75) is 6.92 Å². The van der Waals surface area contributed by atoms with Crippen LogP contribution in [0.2, 0.25) is 0 Å². The topological polar surface area (TPSA) is 34.4 Å². The smallest absolute Gasteiger partial charge is 0.267 e. The number of hydrogen-bond acceptors (Lipinski definition) is 2. The highest BCUT2D eigenvalue weighted by Gasteiger charge is 2.11. The zero-order chi connectivity index (χ0) is 23.3. The second-order valence-corrected chi connectivity index (χ2v) is 8.14. The predicted molar refractivity (Wildman–Crippen MR) is 141 cm³/mol. The first-order chi connectivity index (χ1) is 16.7. The summed E-state index contributed by atoms with van der Waals surface area (Å²) in [6.07, 6.45) is 0. The van der Waals surface area contributed by atoms with Crippen LogP contribution in [0.25, 0.3) is 33.5 Å². The van der Waals surface area contributed by atoms with Crippen LogP contribution in [0.5, 0.6) is 0 Å². The molecule has 34 heavy (non-hydrogen) atoms. The Balaban J connectivity index is 1.58.